The number of rotatable bonds is 7. The van der Waals surface area contributed by atoms with Crippen LogP contribution in [0.5, 0.6) is 0 Å². The molecule has 0 saturated heterocycles. The summed E-state index contributed by atoms with van der Waals surface area (Å²) < 4.78 is 4.14. The molecule has 30 heavy (non-hydrogen) atoms. The molecule has 0 spiro atoms. The van der Waals surface area contributed by atoms with Crippen molar-refractivity contribution in [3.05, 3.63) is 55.7 Å². The van der Waals surface area contributed by atoms with Crippen LogP contribution in [0.15, 0.2) is 39.0 Å². The van der Waals surface area contributed by atoms with Crippen LogP contribution in [0.1, 0.15) is 19.4 Å². The van der Waals surface area contributed by atoms with E-state index >= 15 is 0 Å². The summed E-state index contributed by atoms with van der Waals surface area (Å²) in [7, 11) is 3.01. The summed E-state index contributed by atoms with van der Waals surface area (Å²) in [5.41, 5.74) is 0.511. The second kappa shape index (κ2) is 9.09. The van der Waals surface area contributed by atoms with Gasteiger partial charge in [-0.1, -0.05) is 41.6 Å². The van der Waals surface area contributed by atoms with Gasteiger partial charge in [0.15, 0.2) is 16.3 Å². The van der Waals surface area contributed by atoms with E-state index in [1.807, 2.05) is 32.0 Å². The highest BCUT2D eigenvalue weighted by Gasteiger charge is 2.21. The molecule has 0 unspecified atom stereocenters. The first kappa shape index (κ1) is 22.2. The van der Waals surface area contributed by atoms with Gasteiger partial charge in [0.25, 0.3) is 5.56 Å². The quantitative estimate of drug-likeness (QED) is 0.516. The minimum absolute atomic E-state index is 0.0110. The van der Waals surface area contributed by atoms with Crippen LogP contribution in [0.4, 0.5) is 0 Å². The van der Waals surface area contributed by atoms with Crippen LogP contribution >= 0.6 is 23.4 Å². The van der Waals surface area contributed by atoms with Gasteiger partial charge >= 0.3 is 5.69 Å². The maximum Gasteiger partial charge on any atom is 0.332 e. The lowest BCUT2D eigenvalue weighted by Crippen LogP contribution is -2.37. The van der Waals surface area contributed by atoms with Crippen LogP contribution in [0.25, 0.3) is 11.2 Å². The summed E-state index contributed by atoms with van der Waals surface area (Å²) in [6, 6.07) is 7.35. The summed E-state index contributed by atoms with van der Waals surface area (Å²) in [6.45, 7) is 5.41. The second-order valence-electron chi connectivity index (χ2n) is 6.80. The van der Waals surface area contributed by atoms with Crippen molar-refractivity contribution in [3.8, 4) is 0 Å². The minimum Gasteiger partial charge on any atom is -0.343 e. The van der Waals surface area contributed by atoms with Gasteiger partial charge in [-0.15, -0.1) is 0 Å². The summed E-state index contributed by atoms with van der Waals surface area (Å²) in [5.74, 6) is 0.171. The zero-order valence-corrected chi connectivity index (χ0v) is 19.0. The molecule has 0 aliphatic carbocycles. The third-order valence-electron chi connectivity index (χ3n) is 5.04. The molecule has 0 radical (unpaired) electrons. The standard InChI is InChI=1S/C20H24ClN5O3S/c1-5-25(6-2)15(27)12-30-19-22-17-16(18(28)24(4)20(29)23(17)3)26(19)11-13-9-7-8-10-14(13)21/h7-10H,5-6,11-12H2,1-4H3. The Morgan fingerprint density at radius 1 is 1.13 bits per heavy atom. The Kier molecular flexibility index (Phi) is 6.72. The Morgan fingerprint density at radius 2 is 1.80 bits per heavy atom. The number of aryl methyl sites for hydroxylation is 1. The van der Waals surface area contributed by atoms with Gasteiger partial charge in [-0.25, -0.2) is 9.78 Å². The van der Waals surface area contributed by atoms with Crippen LogP contribution in [0, 0.1) is 0 Å². The van der Waals surface area contributed by atoms with Gasteiger partial charge in [0.05, 0.1) is 12.3 Å². The predicted molar refractivity (Wildman–Crippen MR) is 119 cm³/mol. The maximum absolute atomic E-state index is 12.9. The Balaban J connectivity index is 2.13. The summed E-state index contributed by atoms with van der Waals surface area (Å²) >= 11 is 7.59. The summed E-state index contributed by atoms with van der Waals surface area (Å²) in [4.78, 5) is 44.0. The first-order valence-corrected chi connectivity index (χ1v) is 11.0. The van der Waals surface area contributed by atoms with E-state index in [1.54, 1.807) is 22.6 Å². The molecule has 0 aliphatic rings. The Morgan fingerprint density at radius 3 is 2.43 bits per heavy atom. The molecule has 1 aromatic carbocycles. The number of nitrogens with zero attached hydrogens (tertiary/aromatic N) is 5. The van der Waals surface area contributed by atoms with Crippen molar-refractivity contribution < 1.29 is 4.79 Å². The third-order valence-corrected chi connectivity index (χ3v) is 6.37. The molecule has 3 rings (SSSR count). The lowest BCUT2D eigenvalue weighted by molar-refractivity contribution is -0.127. The molecular formula is C20H24ClN5O3S. The van der Waals surface area contributed by atoms with Crippen LogP contribution in [0.3, 0.4) is 0 Å². The average Bonchev–Trinajstić information content (AvgIpc) is 3.10. The average molecular weight is 450 g/mol. The van der Waals surface area contributed by atoms with Crippen molar-refractivity contribution in [2.45, 2.75) is 25.5 Å². The van der Waals surface area contributed by atoms with Gasteiger partial charge < -0.3 is 9.47 Å². The summed E-state index contributed by atoms with van der Waals surface area (Å²) in [6.07, 6.45) is 0. The van der Waals surface area contributed by atoms with E-state index in [2.05, 4.69) is 4.98 Å². The number of amides is 1. The molecule has 10 heteroatoms. The normalized spacial score (nSPS) is 11.2. The monoisotopic (exact) mass is 449 g/mol. The Labute approximate surface area is 183 Å². The number of fused-ring (bicyclic) bond motifs is 1. The molecule has 0 atom stereocenters. The van der Waals surface area contributed by atoms with Crippen molar-refractivity contribution in [1.82, 2.24) is 23.6 Å². The van der Waals surface area contributed by atoms with Crippen molar-refractivity contribution in [2.75, 3.05) is 18.8 Å². The molecule has 2 aromatic heterocycles. The largest absolute Gasteiger partial charge is 0.343 e. The number of aromatic nitrogens is 4. The van der Waals surface area contributed by atoms with Crippen LogP contribution in [0.2, 0.25) is 5.02 Å². The Bertz CT molecular complexity index is 1210. The predicted octanol–water partition coefficient (Wildman–Crippen LogP) is 2.10. The van der Waals surface area contributed by atoms with E-state index in [-0.39, 0.29) is 17.3 Å². The van der Waals surface area contributed by atoms with E-state index in [0.717, 1.165) is 10.1 Å². The van der Waals surface area contributed by atoms with Crippen LogP contribution < -0.4 is 11.2 Å². The number of halogens is 1. The molecular weight excluding hydrogens is 426 g/mol. The highest BCUT2D eigenvalue weighted by molar-refractivity contribution is 7.99. The third kappa shape index (κ3) is 4.04. The topological polar surface area (TPSA) is 82.1 Å². The first-order chi connectivity index (χ1) is 14.3. The molecule has 8 nitrogen and oxygen atoms in total. The van der Waals surface area contributed by atoms with E-state index in [4.69, 9.17) is 11.6 Å². The SMILES string of the molecule is CCN(CC)C(=O)CSc1nc2c(c(=O)n(C)c(=O)n2C)n1Cc1ccccc1Cl. The maximum atomic E-state index is 12.9. The number of hydrogen-bond acceptors (Lipinski definition) is 5. The number of thioether (sulfide) groups is 1. The zero-order chi connectivity index (χ0) is 22.0. The van der Waals surface area contributed by atoms with Crippen molar-refractivity contribution in [2.24, 2.45) is 14.1 Å². The number of carbonyl (C=O) groups is 1. The number of carbonyl (C=O) groups excluding carboxylic acids is 1. The highest BCUT2D eigenvalue weighted by atomic mass is 35.5. The molecule has 160 valence electrons. The number of imidazole rings is 1. The molecule has 3 aromatic rings. The molecule has 0 bridgehead atoms. The van der Waals surface area contributed by atoms with Crippen LogP contribution in [-0.4, -0.2) is 48.3 Å². The molecule has 2 heterocycles. The molecule has 0 fully saturated rings. The number of benzene rings is 1. The van der Waals surface area contributed by atoms with Gasteiger partial charge in [-0.05, 0) is 25.5 Å². The van der Waals surface area contributed by atoms with Crippen molar-refractivity contribution >= 4 is 40.4 Å². The van der Waals surface area contributed by atoms with Gasteiger partial charge in [-0.3, -0.25) is 18.7 Å². The van der Waals surface area contributed by atoms with Crippen LogP contribution in [-0.2, 0) is 25.4 Å². The van der Waals surface area contributed by atoms with Crippen molar-refractivity contribution in [1.29, 1.82) is 0 Å². The Hall–Kier alpha value is -2.52. The van der Waals surface area contributed by atoms with Gasteiger partial charge in [0.1, 0.15) is 0 Å². The fraction of sp³-hybridized carbons (Fsp3) is 0.400. The van der Waals surface area contributed by atoms with Gasteiger partial charge in [0.2, 0.25) is 5.91 Å². The van der Waals surface area contributed by atoms with E-state index in [0.29, 0.717) is 35.3 Å². The lowest BCUT2D eigenvalue weighted by Gasteiger charge is -2.18. The smallest absolute Gasteiger partial charge is 0.332 e. The molecule has 0 N–H and O–H groups in total. The molecule has 1 amide bonds. The fourth-order valence-corrected chi connectivity index (χ4v) is 4.37. The van der Waals surface area contributed by atoms with Crippen molar-refractivity contribution in [3.63, 3.8) is 0 Å². The van der Waals surface area contributed by atoms with Gasteiger partial charge in [-0.2, -0.15) is 0 Å². The minimum atomic E-state index is -0.453. The first-order valence-electron chi connectivity index (χ1n) is 9.60. The van der Waals surface area contributed by atoms with E-state index < -0.39 is 11.2 Å². The lowest BCUT2D eigenvalue weighted by atomic mass is 10.2. The molecule has 0 saturated carbocycles. The van der Waals surface area contributed by atoms with Gasteiger partial charge in [0, 0.05) is 32.2 Å². The fourth-order valence-electron chi connectivity index (χ4n) is 3.27. The zero-order valence-electron chi connectivity index (χ0n) is 17.4. The van der Waals surface area contributed by atoms with E-state index in [1.165, 1.54) is 23.4 Å². The van der Waals surface area contributed by atoms with E-state index in [9.17, 15) is 14.4 Å². The number of hydrogen-bond donors (Lipinski definition) is 0. The highest BCUT2D eigenvalue weighted by Crippen LogP contribution is 2.25. The second-order valence-corrected chi connectivity index (χ2v) is 8.15. The summed E-state index contributed by atoms with van der Waals surface area (Å²) in [5, 5.41) is 1.06. The molecule has 0 aliphatic heterocycles.